The average Bonchev–Trinajstić information content (AvgIpc) is 2.33. The second kappa shape index (κ2) is 4.15. The molecule has 0 saturated carbocycles. The molecule has 1 heterocycles. The molecular formula is C7H15NO4. The molecule has 1 aliphatic rings. The summed E-state index contributed by atoms with van der Waals surface area (Å²) < 4.78 is 0. The van der Waals surface area contributed by atoms with Crippen molar-refractivity contribution in [1.29, 1.82) is 0 Å². The minimum Gasteiger partial charge on any atom is -0.396 e. The molecule has 0 unspecified atom stereocenters. The summed E-state index contributed by atoms with van der Waals surface area (Å²) >= 11 is 0. The zero-order chi connectivity index (χ0) is 9.14. The number of aliphatic hydroxyl groups excluding tert-OH is 4. The van der Waals surface area contributed by atoms with Gasteiger partial charge in [0.25, 0.3) is 0 Å². The minimum absolute atomic E-state index is 0.0421. The van der Waals surface area contributed by atoms with Crippen molar-refractivity contribution in [1.82, 2.24) is 5.32 Å². The van der Waals surface area contributed by atoms with Crippen LogP contribution in [0.3, 0.4) is 0 Å². The van der Waals surface area contributed by atoms with Crippen LogP contribution in [0, 0.1) is 0 Å². The Bertz CT molecular complexity index is 143. The Hall–Kier alpha value is -0.200. The molecule has 0 bridgehead atoms. The van der Waals surface area contributed by atoms with E-state index in [0.717, 1.165) is 0 Å². The van der Waals surface area contributed by atoms with E-state index in [4.69, 9.17) is 10.2 Å². The Labute approximate surface area is 70.6 Å². The Kier molecular flexibility index (Phi) is 3.42. The predicted octanol–water partition coefficient (Wildman–Crippen LogP) is -2.58. The molecule has 1 aliphatic heterocycles. The first-order chi connectivity index (χ1) is 5.70. The summed E-state index contributed by atoms with van der Waals surface area (Å²) in [5, 5.41) is 38.8. The van der Waals surface area contributed by atoms with Gasteiger partial charge in [-0.15, -0.1) is 0 Å². The summed E-state index contributed by atoms with van der Waals surface area (Å²) in [6, 6.07) is -0.793. The first-order valence-corrected chi connectivity index (χ1v) is 4.04. The second-order valence-electron chi connectivity index (χ2n) is 3.06. The van der Waals surface area contributed by atoms with Gasteiger partial charge in [0.15, 0.2) is 0 Å². The van der Waals surface area contributed by atoms with Gasteiger partial charge in [-0.05, 0) is 6.42 Å². The first-order valence-electron chi connectivity index (χ1n) is 4.04. The number of hydrogen-bond acceptors (Lipinski definition) is 5. The van der Waals surface area contributed by atoms with Gasteiger partial charge in [0.2, 0.25) is 0 Å². The monoisotopic (exact) mass is 177 g/mol. The lowest BCUT2D eigenvalue weighted by molar-refractivity contribution is 0.0172. The van der Waals surface area contributed by atoms with Gasteiger partial charge in [-0.2, -0.15) is 0 Å². The zero-order valence-electron chi connectivity index (χ0n) is 6.72. The highest BCUT2D eigenvalue weighted by molar-refractivity contribution is 4.97. The van der Waals surface area contributed by atoms with Crippen LogP contribution in [0.15, 0.2) is 0 Å². The van der Waals surface area contributed by atoms with E-state index >= 15 is 0 Å². The molecule has 5 N–H and O–H groups in total. The van der Waals surface area contributed by atoms with E-state index in [0.29, 0.717) is 6.42 Å². The summed E-state index contributed by atoms with van der Waals surface area (Å²) in [5.74, 6) is 0. The molecule has 5 heteroatoms. The Morgan fingerprint density at radius 1 is 1.00 bits per heavy atom. The number of nitrogens with one attached hydrogen (secondary N) is 1. The van der Waals surface area contributed by atoms with Crippen LogP contribution in [0.4, 0.5) is 0 Å². The van der Waals surface area contributed by atoms with E-state index in [9.17, 15) is 10.2 Å². The molecule has 1 rings (SSSR count). The van der Waals surface area contributed by atoms with Crippen molar-refractivity contribution in [3.63, 3.8) is 0 Å². The SMILES string of the molecule is OCC[C@@H]1N[C@@H](CO)[C@@H](O)[C@@H]1O. The largest absolute Gasteiger partial charge is 0.396 e. The summed E-state index contributed by atoms with van der Waals surface area (Å²) in [4.78, 5) is 0. The van der Waals surface area contributed by atoms with Crippen LogP contribution in [0.5, 0.6) is 0 Å². The van der Waals surface area contributed by atoms with Crippen molar-refractivity contribution in [3.05, 3.63) is 0 Å². The molecule has 0 aromatic carbocycles. The molecule has 1 fully saturated rings. The molecule has 1 saturated heterocycles. The molecule has 0 spiro atoms. The van der Waals surface area contributed by atoms with Gasteiger partial charge in [0.05, 0.1) is 24.9 Å². The van der Waals surface area contributed by atoms with Crippen molar-refractivity contribution < 1.29 is 20.4 Å². The molecule has 4 atom stereocenters. The quantitative estimate of drug-likeness (QED) is 0.326. The number of hydrogen-bond donors (Lipinski definition) is 5. The lowest BCUT2D eigenvalue weighted by Gasteiger charge is -2.13. The lowest BCUT2D eigenvalue weighted by Crippen LogP contribution is -2.36. The fourth-order valence-corrected chi connectivity index (χ4v) is 1.50. The van der Waals surface area contributed by atoms with Gasteiger partial charge in [0, 0.05) is 12.6 Å². The number of rotatable bonds is 3. The molecule has 0 aromatic heterocycles. The van der Waals surface area contributed by atoms with Gasteiger partial charge in [-0.1, -0.05) is 0 Å². The van der Waals surface area contributed by atoms with Crippen LogP contribution >= 0.6 is 0 Å². The van der Waals surface area contributed by atoms with Gasteiger partial charge in [0.1, 0.15) is 0 Å². The normalized spacial score (nSPS) is 42.0. The van der Waals surface area contributed by atoms with Crippen LogP contribution in [0.2, 0.25) is 0 Å². The molecule has 12 heavy (non-hydrogen) atoms. The van der Waals surface area contributed by atoms with Gasteiger partial charge in [-0.25, -0.2) is 0 Å². The maximum absolute atomic E-state index is 9.36. The molecule has 0 amide bonds. The third-order valence-corrected chi connectivity index (χ3v) is 2.24. The highest BCUT2D eigenvalue weighted by atomic mass is 16.3. The zero-order valence-corrected chi connectivity index (χ0v) is 6.72. The molecular weight excluding hydrogens is 162 g/mol. The van der Waals surface area contributed by atoms with Crippen molar-refractivity contribution in [3.8, 4) is 0 Å². The van der Waals surface area contributed by atoms with Gasteiger partial charge >= 0.3 is 0 Å². The molecule has 5 nitrogen and oxygen atoms in total. The molecule has 0 radical (unpaired) electrons. The third-order valence-electron chi connectivity index (χ3n) is 2.24. The predicted molar refractivity (Wildman–Crippen MR) is 41.5 cm³/mol. The van der Waals surface area contributed by atoms with E-state index < -0.39 is 18.2 Å². The summed E-state index contributed by atoms with van der Waals surface area (Å²) in [6.07, 6.45) is -1.45. The maximum atomic E-state index is 9.36. The van der Waals surface area contributed by atoms with Crippen molar-refractivity contribution >= 4 is 0 Å². The smallest absolute Gasteiger partial charge is 0.0989 e. The second-order valence-corrected chi connectivity index (χ2v) is 3.06. The van der Waals surface area contributed by atoms with E-state index in [1.54, 1.807) is 0 Å². The van der Waals surface area contributed by atoms with E-state index in [-0.39, 0.29) is 19.3 Å². The highest BCUT2D eigenvalue weighted by Gasteiger charge is 2.39. The fraction of sp³-hybridized carbons (Fsp3) is 1.00. The number of aliphatic hydroxyl groups is 4. The summed E-state index contributed by atoms with van der Waals surface area (Å²) in [5.41, 5.74) is 0. The Morgan fingerprint density at radius 2 is 1.58 bits per heavy atom. The first kappa shape index (κ1) is 9.88. The van der Waals surface area contributed by atoms with E-state index in [2.05, 4.69) is 5.32 Å². The summed E-state index contributed by atoms with van der Waals surface area (Å²) in [6.45, 7) is -0.250. The standard InChI is InChI=1S/C7H15NO4/c9-2-1-4-6(11)7(12)5(3-10)8-4/h4-12H,1-3H2/t4-,5-,6+,7+/m0/s1. The van der Waals surface area contributed by atoms with Crippen molar-refractivity contribution in [2.45, 2.75) is 30.7 Å². The van der Waals surface area contributed by atoms with Crippen LogP contribution in [-0.4, -0.2) is 57.9 Å². The molecule has 72 valence electrons. The lowest BCUT2D eigenvalue weighted by atomic mass is 10.1. The van der Waals surface area contributed by atoms with E-state index in [1.165, 1.54) is 0 Å². The highest BCUT2D eigenvalue weighted by Crippen LogP contribution is 2.16. The fourth-order valence-electron chi connectivity index (χ4n) is 1.50. The maximum Gasteiger partial charge on any atom is 0.0989 e. The Morgan fingerprint density at radius 3 is 2.00 bits per heavy atom. The van der Waals surface area contributed by atoms with Gasteiger partial charge < -0.3 is 25.7 Å². The topological polar surface area (TPSA) is 93.0 Å². The van der Waals surface area contributed by atoms with Crippen LogP contribution in [-0.2, 0) is 0 Å². The minimum atomic E-state index is -0.938. The van der Waals surface area contributed by atoms with Crippen LogP contribution in [0.1, 0.15) is 6.42 Å². The van der Waals surface area contributed by atoms with Crippen molar-refractivity contribution in [2.75, 3.05) is 13.2 Å². The van der Waals surface area contributed by atoms with Crippen LogP contribution < -0.4 is 5.32 Å². The van der Waals surface area contributed by atoms with Crippen molar-refractivity contribution in [2.24, 2.45) is 0 Å². The molecule has 0 aromatic rings. The summed E-state index contributed by atoms with van der Waals surface area (Å²) in [7, 11) is 0. The van der Waals surface area contributed by atoms with Crippen LogP contribution in [0.25, 0.3) is 0 Å². The van der Waals surface area contributed by atoms with Gasteiger partial charge in [-0.3, -0.25) is 0 Å². The third kappa shape index (κ3) is 1.75. The molecule has 0 aliphatic carbocycles. The van der Waals surface area contributed by atoms with E-state index in [1.807, 2.05) is 0 Å². The Balaban J connectivity index is 2.48. The average molecular weight is 177 g/mol.